The van der Waals surface area contributed by atoms with Gasteiger partial charge in [-0.2, -0.15) is 4.31 Å². The number of nitrogens with one attached hydrogen (secondary N) is 1. The van der Waals surface area contributed by atoms with Crippen molar-refractivity contribution in [3.63, 3.8) is 0 Å². The molecule has 3 aromatic carbocycles. The van der Waals surface area contributed by atoms with Crippen LogP contribution in [0.1, 0.15) is 44.2 Å². The van der Waals surface area contributed by atoms with E-state index in [4.69, 9.17) is 21.4 Å². The number of aryl methyl sites for hydroxylation is 2. The molecule has 0 aliphatic rings. The second kappa shape index (κ2) is 15.0. The molecule has 0 aliphatic carbocycles. The fraction of sp³-hybridized carbons (Fsp3) is 0.406. The van der Waals surface area contributed by atoms with E-state index in [1.54, 1.807) is 24.3 Å². The molecule has 0 heterocycles. The summed E-state index contributed by atoms with van der Waals surface area (Å²) in [6, 6.07) is 20.1. The molecule has 3 N–H and O–H groups in total. The van der Waals surface area contributed by atoms with Crippen LogP contribution >= 0.6 is 11.6 Å². The average Bonchev–Trinajstić information content (AvgIpc) is 2.95. The molecule has 1 unspecified atom stereocenters. The maximum Gasteiger partial charge on any atom is 0.303 e. The number of likely N-dealkylation sites (N-methyl/N-ethyl adjacent to an activating group) is 1. The predicted molar refractivity (Wildman–Crippen MR) is 167 cm³/mol. The Labute approximate surface area is 254 Å². The summed E-state index contributed by atoms with van der Waals surface area (Å²) in [5, 5.41) is 23.3. The van der Waals surface area contributed by atoms with Crippen molar-refractivity contribution in [3.8, 4) is 16.9 Å². The Balaban J connectivity index is 1.61. The van der Waals surface area contributed by atoms with E-state index in [-0.39, 0.29) is 41.4 Å². The number of ether oxygens (including phenoxy) is 1. The first-order valence-corrected chi connectivity index (χ1v) is 15.8. The zero-order valence-electron chi connectivity index (χ0n) is 24.6. The number of rotatable bonds is 16. The van der Waals surface area contributed by atoms with Gasteiger partial charge in [0.2, 0.25) is 10.0 Å². The highest BCUT2D eigenvalue weighted by molar-refractivity contribution is 7.89. The topological polar surface area (TPSA) is 116 Å². The van der Waals surface area contributed by atoms with E-state index < -0.39 is 22.1 Å². The van der Waals surface area contributed by atoms with E-state index in [0.29, 0.717) is 22.4 Å². The van der Waals surface area contributed by atoms with Crippen molar-refractivity contribution >= 4 is 27.6 Å². The fourth-order valence-electron chi connectivity index (χ4n) is 4.77. The van der Waals surface area contributed by atoms with E-state index in [9.17, 15) is 18.3 Å². The van der Waals surface area contributed by atoms with Crippen molar-refractivity contribution in [2.75, 3.05) is 27.2 Å². The van der Waals surface area contributed by atoms with Gasteiger partial charge in [0.1, 0.15) is 5.75 Å². The highest BCUT2D eigenvalue weighted by atomic mass is 35.5. The highest BCUT2D eigenvalue weighted by Gasteiger charge is 2.25. The third-order valence-corrected chi connectivity index (χ3v) is 9.37. The highest BCUT2D eigenvalue weighted by Crippen LogP contribution is 2.34. The number of carboxylic acid groups (broad SMARTS) is 1. The molecular formula is C32H41ClN2O6S. The second-order valence-electron chi connectivity index (χ2n) is 11.1. The second-order valence-corrected chi connectivity index (χ2v) is 13.6. The lowest BCUT2D eigenvalue weighted by molar-refractivity contribution is -0.136. The summed E-state index contributed by atoms with van der Waals surface area (Å²) in [7, 11) is -0.964. The zero-order valence-corrected chi connectivity index (χ0v) is 26.2. The Morgan fingerprint density at radius 2 is 1.79 bits per heavy atom. The number of hydrogen-bond donors (Lipinski definition) is 3. The van der Waals surface area contributed by atoms with Gasteiger partial charge in [-0.05, 0) is 80.5 Å². The zero-order chi connectivity index (χ0) is 30.9. The van der Waals surface area contributed by atoms with Crippen LogP contribution in [0.2, 0.25) is 5.02 Å². The van der Waals surface area contributed by atoms with Gasteiger partial charge in [-0.25, -0.2) is 8.42 Å². The average molecular weight is 617 g/mol. The monoisotopic (exact) mass is 616 g/mol. The molecule has 0 spiro atoms. The summed E-state index contributed by atoms with van der Waals surface area (Å²) >= 11 is 6.55. The molecular weight excluding hydrogens is 576 g/mol. The Morgan fingerprint density at radius 3 is 2.43 bits per heavy atom. The van der Waals surface area contributed by atoms with Crippen LogP contribution in [0.15, 0.2) is 71.6 Å². The summed E-state index contributed by atoms with van der Waals surface area (Å²) < 4.78 is 33.1. The number of β-amino-alcohol motifs (C(OH)–C–C–N with tert-alkyl or cyclic N) is 1. The molecule has 0 radical (unpaired) electrons. The van der Waals surface area contributed by atoms with Crippen LogP contribution in [0.3, 0.4) is 0 Å². The molecule has 0 fully saturated rings. The first-order valence-electron chi connectivity index (χ1n) is 13.9. The van der Waals surface area contributed by atoms with Crippen LogP contribution in [0.4, 0.5) is 0 Å². The molecule has 0 saturated heterocycles. The van der Waals surface area contributed by atoms with E-state index in [2.05, 4.69) is 31.3 Å². The van der Waals surface area contributed by atoms with Gasteiger partial charge < -0.3 is 20.3 Å². The Kier molecular flexibility index (Phi) is 12.0. The molecule has 0 bridgehead atoms. The van der Waals surface area contributed by atoms with Crippen molar-refractivity contribution in [3.05, 3.63) is 82.9 Å². The fourth-order valence-corrected chi connectivity index (χ4v) is 6.36. The van der Waals surface area contributed by atoms with Crippen molar-refractivity contribution in [2.45, 2.75) is 62.5 Å². The number of benzene rings is 3. The normalized spacial score (nSPS) is 12.8. The summed E-state index contributed by atoms with van der Waals surface area (Å²) in [4.78, 5) is 11.1. The molecule has 3 rings (SSSR count). The third-order valence-electron chi connectivity index (χ3n) is 7.24. The summed E-state index contributed by atoms with van der Waals surface area (Å²) in [6.07, 6.45) is 2.19. The molecule has 0 saturated carbocycles. The van der Waals surface area contributed by atoms with Crippen LogP contribution in [-0.2, 0) is 27.7 Å². The van der Waals surface area contributed by atoms with E-state index >= 15 is 0 Å². The number of aliphatic hydroxyl groups excluding tert-OH is 1. The van der Waals surface area contributed by atoms with Gasteiger partial charge in [0.05, 0.1) is 18.1 Å². The molecule has 228 valence electrons. The lowest BCUT2D eigenvalue weighted by Gasteiger charge is -2.29. The van der Waals surface area contributed by atoms with Gasteiger partial charge in [-0.15, -0.1) is 0 Å². The standard InChI is InChI=1S/C32H41ClN2O6S/c1-32(2,18-8-11-23-9-6-5-7-10-23)34-21-26(36)22-35(3)42(39,40)27-14-15-28(29(33)20-27)24-12-16-30(41-4)25(19-24)13-17-31(37)38/h5-7,9-10,12,14-16,19-20,26,34,36H,8,11,13,17-18,21-22H2,1-4H3,(H,37,38). The minimum absolute atomic E-state index is 0.0137. The van der Waals surface area contributed by atoms with Gasteiger partial charge in [-0.1, -0.05) is 54.1 Å². The van der Waals surface area contributed by atoms with Gasteiger partial charge in [-0.3, -0.25) is 4.79 Å². The maximum absolute atomic E-state index is 13.3. The molecule has 10 heteroatoms. The summed E-state index contributed by atoms with van der Waals surface area (Å²) in [5.41, 5.74) is 3.11. The van der Waals surface area contributed by atoms with Gasteiger partial charge >= 0.3 is 5.97 Å². The van der Waals surface area contributed by atoms with E-state index in [0.717, 1.165) is 23.6 Å². The van der Waals surface area contributed by atoms with Crippen molar-refractivity contribution in [2.24, 2.45) is 0 Å². The SMILES string of the molecule is COc1ccc(-c2ccc(S(=O)(=O)N(C)CC(O)CNC(C)(C)CCCc3ccccc3)cc2Cl)cc1CCC(=O)O. The van der Waals surface area contributed by atoms with E-state index in [1.807, 2.05) is 18.2 Å². The Hall–Kier alpha value is -2.95. The van der Waals surface area contributed by atoms with Crippen LogP contribution in [0.25, 0.3) is 11.1 Å². The molecule has 3 aromatic rings. The molecule has 8 nitrogen and oxygen atoms in total. The Morgan fingerprint density at radius 1 is 1.07 bits per heavy atom. The van der Waals surface area contributed by atoms with Crippen molar-refractivity contribution in [1.29, 1.82) is 0 Å². The minimum Gasteiger partial charge on any atom is -0.496 e. The largest absolute Gasteiger partial charge is 0.496 e. The number of aliphatic carboxylic acids is 1. The number of sulfonamides is 1. The van der Waals surface area contributed by atoms with Gasteiger partial charge in [0.15, 0.2) is 0 Å². The third kappa shape index (κ3) is 9.54. The lowest BCUT2D eigenvalue weighted by atomic mass is 9.95. The number of carboxylic acids is 1. The number of methoxy groups -OCH3 is 1. The lowest BCUT2D eigenvalue weighted by Crippen LogP contribution is -2.46. The molecule has 0 aliphatic heterocycles. The smallest absolute Gasteiger partial charge is 0.303 e. The van der Waals surface area contributed by atoms with Gasteiger partial charge in [0.25, 0.3) is 0 Å². The van der Waals surface area contributed by atoms with E-state index in [1.165, 1.54) is 31.9 Å². The summed E-state index contributed by atoms with van der Waals surface area (Å²) in [5.74, 6) is -0.344. The number of carbonyl (C=O) groups is 1. The van der Waals surface area contributed by atoms with Gasteiger partial charge in [0, 0.05) is 42.7 Å². The Bertz CT molecular complexity index is 1450. The first kappa shape index (κ1) is 33.6. The quantitative estimate of drug-likeness (QED) is 0.197. The van der Waals surface area contributed by atoms with Crippen LogP contribution in [-0.4, -0.2) is 67.8 Å². The number of aliphatic hydroxyl groups is 1. The maximum atomic E-state index is 13.3. The van der Waals surface area contributed by atoms with Crippen molar-refractivity contribution in [1.82, 2.24) is 9.62 Å². The molecule has 42 heavy (non-hydrogen) atoms. The predicted octanol–water partition coefficient (Wildman–Crippen LogP) is 5.41. The number of hydrogen-bond acceptors (Lipinski definition) is 6. The molecule has 0 amide bonds. The summed E-state index contributed by atoms with van der Waals surface area (Å²) in [6.45, 7) is 4.32. The van der Waals surface area contributed by atoms with Crippen LogP contribution in [0.5, 0.6) is 5.75 Å². The number of nitrogens with zero attached hydrogens (tertiary/aromatic N) is 1. The molecule has 0 aromatic heterocycles. The van der Waals surface area contributed by atoms with Crippen molar-refractivity contribution < 1.29 is 28.2 Å². The van der Waals surface area contributed by atoms with Crippen LogP contribution in [0, 0.1) is 0 Å². The first-order chi connectivity index (χ1) is 19.8. The molecule has 1 atom stereocenters. The number of halogens is 1. The van der Waals surface area contributed by atoms with Crippen LogP contribution < -0.4 is 10.1 Å². The minimum atomic E-state index is -3.92.